The van der Waals surface area contributed by atoms with Crippen LogP contribution in [0.4, 0.5) is 5.82 Å². The summed E-state index contributed by atoms with van der Waals surface area (Å²) in [4.78, 5) is 25.0. The number of nitrogens with zero attached hydrogens (tertiary/aromatic N) is 4. The molecule has 11 heteroatoms. The van der Waals surface area contributed by atoms with Gasteiger partial charge in [0, 0.05) is 5.30 Å². The minimum atomic E-state index is -3.29. The summed E-state index contributed by atoms with van der Waals surface area (Å²) in [7, 11) is -3.29. The number of nitrogen functional groups attached to an aromatic ring is 1. The van der Waals surface area contributed by atoms with E-state index in [1.165, 1.54) is 6.33 Å². The zero-order valence-corrected chi connectivity index (χ0v) is 21.2. The van der Waals surface area contributed by atoms with Crippen molar-refractivity contribution in [1.82, 2.24) is 24.6 Å². The first-order valence-electron chi connectivity index (χ1n) is 11.1. The summed E-state index contributed by atoms with van der Waals surface area (Å²) in [6, 6.07) is 8.20. The van der Waals surface area contributed by atoms with Gasteiger partial charge >= 0.3 is 5.97 Å². The van der Waals surface area contributed by atoms with Crippen molar-refractivity contribution in [3.8, 4) is 0 Å². The molecule has 3 atom stereocenters. The van der Waals surface area contributed by atoms with Crippen LogP contribution in [0.3, 0.4) is 0 Å². The van der Waals surface area contributed by atoms with Gasteiger partial charge in [-0.05, 0) is 19.3 Å². The summed E-state index contributed by atoms with van der Waals surface area (Å²) in [5, 5.41) is 3.57. The average Bonchev–Trinajstić information content (AvgIpc) is 3.20. The minimum absolute atomic E-state index is 0.0984. The number of hydrogen-bond acceptors (Lipinski definition) is 8. The smallest absolute Gasteiger partial charge is 0.323 e. The molecule has 0 aliphatic carbocycles. The van der Waals surface area contributed by atoms with Crippen LogP contribution in [-0.2, 0) is 25.4 Å². The molecule has 10 nitrogen and oxygen atoms in total. The zero-order chi connectivity index (χ0) is 24.9. The second-order valence-electron chi connectivity index (χ2n) is 9.53. The Morgan fingerprint density at radius 1 is 1.18 bits per heavy atom. The number of imidazole rings is 1. The molecule has 0 saturated heterocycles. The number of fused-ring (bicyclic) bond motifs is 1. The number of carbonyl (C=O) groups is 1. The molecule has 0 radical (unpaired) electrons. The lowest BCUT2D eigenvalue weighted by Gasteiger charge is -2.26. The Kier molecular flexibility index (Phi) is 8.07. The molecule has 0 fully saturated rings. The third kappa shape index (κ3) is 6.62. The van der Waals surface area contributed by atoms with Crippen molar-refractivity contribution in [2.45, 2.75) is 53.3 Å². The van der Waals surface area contributed by atoms with E-state index in [-0.39, 0.29) is 24.5 Å². The second-order valence-corrected chi connectivity index (χ2v) is 12.0. The first-order valence-corrected chi connectivity index (χ1v) is 13.0. The van der Waals surface area contributed by atoms with Crippen molar-refractivity contribution in [3.05, 3.63) is 43.0 Å². The first kappa shape index (κ1) is 25.8. The van der Waals surface area contributed by atoms with Gasteiger partial charge in [-0.2, -0.15) is 0 Å². The van der Waals surface area contributed by atoms with Crippen LogP contribution in [0.15, 0.2) is 43.0 Å². The Hall–Kier alpha value is -2.81. The average molecular weight is 489 g/mol. The largest absolute Gasteiger partial charge is 0.464 e. The van der Waals surface area contributed by atoms with Gasteiger partial charge in [0.15, 0.2) is 11.5 Å². The van der Waals surface area contributed by atoms with Gasteiger partial charge in [0.2, 0.25) is 7.29 Å². The van der Waals surface area contributed by atoms with Crippen molar-refractivity contribution < 1.29 is 18.8 Å². The Labute approximate surface area is 199 Å². The van der Waals surface area contributed by atoms with Crippen LogP contribution in [0.2, 0.25) is 0 Å². The molecule has 3 aromatic rings. The Morgan fingerprint density at radius 2 is 1.88 bits per heavy atom. The summed E-state index contributed by atoms with van der Waals surface area (Å²) < 4.78 is 27.2. The number of carbonyl (C=O) groups excluding carboxylic acids is 1. The number of hydrogen-bond donors (Lipinski definition) is 2. The zero-order valence-electron chi connectivity index (χ0n) is 20.3. The second kappa shape index (κ2) is 10.6. The number of nitrogens with one attached hydrogen (secondary N) is 1. The van der Waals surface area contributed by atoms with Crippen molar-refractivity contribution in [2.24, 2.45) is 5.41 Å². The molecule has 184 valence electrons. The van der Waals surface area contributed by atoms with Gasteiger partial charge in [-0.25, -0.2) is 20.0 Å². The molecule has 1 unspecified atom stereocenters. The molecule has 0 amide bonds. The van der Waals surface area contributed by atoms with Crippen molar-refractivity contribution >= 4 is 35.5 Å². The maximum Gasteiger partial charge on any atom is 0.323 e. The molecule has 0 aliphatic heterocycles. The standard InChI is InChI=1S/C23H33N6O4P/c1-16(11-29-14-27-19-20(24)25-13-26-21(19)29)33-15-34(31,18-9-7-6-8-10-18)28-17(2)22(30)32-12-23(3,4)5/h6-10,13-14,16-17H,11-12,15H2,1-5H3,(H,28,31)(H2,24,25,26)/t16-,17+,34?/m1/s1. The van der Waals surface area contributed by atoms with E-state index in [0.717, 1.165) is 0 Å². The van der Waals surface area contributed by atoms with E-state index >= 15 is 0 Å². The molecule has 0 saturated carbocycles. The van der Waals surface area contributed by atoms with Gasteiger partial charge in [-0.1, -0.05) is 51.1 Å². The van der Waals surface area contributed by atoms with Crippen LogP contribution in [0.5, 0.6) is 0 Å². The topological polar surface area (TPSA) is 134 Å². The van der Waals surface area contributed by atoms with E-state index in [4.69, 9.17) is 15.2 Å². The van der Waals surface area contributed by atoms with E-state index in [9.17, 15) is 9.36 Å². The van der Waals surface area contributed by atoms with E-state index < -0.39 is 19.3 Å². The molecule has 0 spiro atoms. The lowest BCUT2D eigenvalue weighted by Crippen LogP contribution is -2.38. The monoisotopic (exact) mass is 488 g/mol. The van der Waals surface area contributed by atoms with Gasteiger partial charge in [0.1, 0.15) is 24.2 Å². The molecular weight excluding hydrogens is 455 g/mol. The summed E-state index contributed by atoms with van der Waals surface area (Å²) in [5.74, 6) is -0.149. The van der Waals surface area contributed by atoms with Crippen molar-refractivity contribution in [2.75, 3.05) is 18.7 Å². The molecule has 2 heterocycles. The number of anilines is 1. The fourth-order valence-corrected chi connectivity index (χ4v) is 5.45. The quantitative estimate of drug-likeness (QED) is 0.326. The van der Waals surface area contributed by atoms with Gasteiger partial charge < -0.3 is 19.8 Å². The first-order chi connectivity index (χ1) is 16.0. The van der Waals surface area contributed by atoms with Crippen molar-refractivity contribution in [1.29, 1.82) is 0 Å². The van der Waals surface area contributed by atoms with Crippen LogP contribution < -0.4 is 16.1 Å². The third-order valence-corrected chi connectivity index (χ3v) is 7.45. The highest BCUT2D eigenvalue weighted by Crippen LogP contribution is 2.41. The minimum Gasteiger partial charge on any atom is -0.464 e. The summed E-state index contributed by atoms with van der Waals surface area (Å²) >= 11 is 0. The van der Waals surface area contributed by atoms with Crippen molar-refractivity contribution in [3.63, 3.8) is 0 Å². The van der Waals surface area contributed by atoms with Gasteiger partial charge in [0.25, 0.3) is 0 Å². The number of aromatic nitrogens is 4. The van der Waals surface area contributed by atoms with E-state index in [0.29, 0.717) is 28.8 Å². The van der Waals surface area contributed by atoms with E-state index in [2.05, 4.69) is 20.0 Å². The molecule has 3 N–H and O–H groups in total. The van der Waals surface area contributed by atoms with Gasteiger partial charge in [-0.3, -0.25) is 9.36 Å². The molecule has 1 aromatic carbocycles. The number of nitrogens with two attached hydrogens (primary N) is 1. The van der Waals surface area contributed by atoms with Gasteiger partial charge in [-0.15, -0.1) is 0 Å². The molecule has 34 heavy (non-hydrogen) atoms. The highest BCUT2D eigenvalue weighted by Gasteiger charge is 2.31. The normalized spacial score (nSPS) is 15.6. The lowest BCUT2D eigenvalue weighted by molar-refractivity contribution is -0.147. The number of esters is 1. The SMILES string of the molecule is C[C@H](Cn1cnc2c(N)ncnc21)OCP(=O)(N[C@@H](C)C(=O)OCC(C)(C)C)c1ccccc1. The van der Waals surface area contributed by atoms with Crippen LogP contribution in [0.1, 0.15) is 34.6 Å². The summed E-state index contributed by atoms with van der Waals surface area (Å²) in [5.41, 5.74) is 6.81. The maximum atomic E-state index is 14.0. The fraction of sp³-hybridized carbons (Fsp3) is 0.478. The molecular formula is C23H33N6O4P. The van der Waals surface area contributed by atoms with E-state index in [1.54, 1.807) is 37.5 Å². The van der Waals surface area contributed by atoms with Crippen LogP contribution >= 0.6 is 7.29 Å². The molecule has 3 rings (SSSR count). The van der Waals surface area contributed by atoms with E-state index in [1.807, 2.05) is 38.3 Å². The predicted molar refractivity (Wildman–Crippen MR) is 132 cm³/mol. The molecule has 2 aromatic heterocycles. The number of benzene rings is 1. The Bertz CT molecular complexity index is 1160. The van der Waals surface area contributed by atoms with Crippen LogP contribution in [0.25, 0.3) is 11.2 Å². The maximum absolute atomic E-state index is 14.0. The van der Waals surface area contributed by atoms with Crippen LogP contribution in [0, 0.1) is 5.41 Å². The summed E-state index contributed by atoms with van der Waals surface area (Å²) in [6.45, 7) is 10.1. The fourth-order valence-electron chi connectivity index (χ4n) is 3.23. The van der Waals surface area contributed by atoms with Crippen LogP contribution in [-0.4, -0.2) is 50.6 Å². The number of rotatable bonds is 10. The highest BCUT2D eigenvalue weighted by molar-refractivity contribution is 7.69. The van der Waals surface area contributed by atoms with Gasteiger partial charge in [0.05, 0.1) is 25.6 Å². The highest BCUT2D eigenvalue weighted by atomic mass is 31.2. The Morgan fingerprint density at radius 3 is 2.56 bits per heavy atom. The lowest BCUT2D eigenvalue weighted by atomic mass is 9.99. The molecule has 0 bridgehead atoms. The predicted octanol–water partition coefficient (Wildman–Crippen LogP) is 2.94. The third-order valence-electron chi connectivity index (χ3n) is 5.00. The molecule has 0 aliphatic rings. The summed E-state index contributed by atoms with van der Waals surface area (Å²) in [6.07, 6.45) is 2.58. The number of ether oxygens (including phenoxy) is 2. The Balaban J connectivity index is 1.70.